The van der Waals surface area contributed by atoms with Crippen molar-refractivity contribution >= 4 is 18.6 Å². The number of rotatable bonds is 3. The molecule has 0 spiro atoms. The molecule has 0 atom stereocenters. The van der Waals surface area contributed by atoms with Crippen LogP contribution in [0.3, 0.4) is 0 Å². The van der Waals surface area contributed by atoms with Crippen molar-refractivity contribution < 1.29 is 19.2 Å². The molecule has 1 N–H and O–H groups in total. The molecule has 1 aromatic heterocycles. The molecular weight excluding hydrogens is 245 g/mol. The number of nitrogens with zero attached hydrogens (tertiary/aromatic N) is 1. The first-order valence-electron chi connectivity index (χ1n) is 6.24. The SMILES string of the molecule is CC1(C)OB(c2cccnc2CC(=O)O)OC1(C)C. The van der Waals surface area contributed by atoms with Crippen molar-refractivity contribution in [2.75, 3.05) is 0 Å². The molecular formula is C13H18BNO4. The summed E-state index contributed by atoms with van der Waals surface area (Å²) in [7, 11) is -0.576. The fourth-order valence-electron chi connectivity index (χ4n) is 1.93. The molecule has 5 nitrogen and oxygen atoms in total. The molecule has 2 rings (SSSR count). The van der Waals surface area contributed by atoms with Crippen molar-refractivity contribution in [3.63, 3.8) is 0 Å². The Morgan fingerprint density at radius 3 is 2.42 bits per heavy atom. The highest BCUT2D eigenvalue weighted by Gasteiger charge is 2.52. The minimum absolute atomic E-state index is 0.139. The molecule has 0 saturated carbocycles. The van der Waals surface area contributed by atoms with E-state index < -0.39 is 24.3 Å². The first kappa shape index (κ1) is 14.0. The first-order valence-corrected chi connectivity index (χ1v) is 6.24. The van der Waals surface area contributed by atoms with E-state index in [2.05, 4.69) is 4.98 Å². The zero-order valence-electron chi connectivity index (χ0n) is 11.6. The number of carboxylic acid groups (broad SMARTS) is 1. The Labute approximate surface area is 113 Å². The van der Waals surface area contributed by atoms with Gasteiger partial charge < -0.3 is 14.4 Å². The Hall–Kier alpha value is -1.40. The molecule has 1 aromatic rings. The number of carboxylic acids is 1. The van der Waals surface area contributed by atoms with Gasteiger partial charge in [0.1, 0.15) is 0 Å². The van der Waals surface area contributed by atoms with E-state index in [1.807, 2.05) is 27.7 Å². The summed E-state index contributed by atoms with van der Waals surface area (Å²) in [5.74, 6) is -0.920. The lowest BCUT2D eigenvalue weighted by atomic mass is 9.77. The van der Waals surface area contributed by atoms with Gasteiger partial charge in [-0.15, -0.1) is 0 Å². The van der Waals surface area contributed by atoms with E-state index in [0.29, 0.717) is 11.2 Å². The molecule has 0 aromatic carbocycles. The normalized spacial score (nSPS) is 20.5. The maximum absolute atomic E-state index is 10.9. The van der Waals surface area contributed by atoms with Crippen molar-refractivity contribution in [3.05, 3.63) is 24.0 Å². The zero-order chi connectivity index (χ0) is 14.3. The van der Waals surface area contributed by atoms with Gasteiger partial charge in [0.05, 0.1) is 23.3 Å². The average molecular weight is 263 g/mol. The third kappa shape index (κ3) is 2.64. The maximum atomic E-state index is 10.9. The molecule has 0 bridgehead atoms. The second kappa shape index (κ2) is 4.61. The molecule has 0 amide bonds. The molecule has 1 saturated heterocycles. The highest BCUT2D eigenvalue weighted by Crippen LogP contribution is 2.36. The van der Waals surface area contributed by atoms with Crippen LogP contribution in [-0.2, 0) is 20.5 Å². The molecule has 1 aliphatic heterocycles. The van der Waals surface area contributed by atoms with Crippen LogP contribution in [0.4, 0.5) is 0 Å². The van der Waals surface area contributed by atoms with Gasteiger partial charge in [-0.1, -0.05) is 6.07 Å². The summed E-state index contributed by atoms with van der Waals surface area (Å²) < 4.78 is 11.8. The van der Waals surface area contributed by atoms with Crippen molar-refractivity contribution in [1.82, 2.24) is 4.98 Å². The summed E-state index contributed by atoms with van der Waals surface area (Å²) in [5.41, 5.74) is 0.263. The van der Waals surface area contributed by atoms with Crippen molar-refractivity contribution in [2.45, 2.75) is 45.3 Å². The Morgan fingerprint density at radius 2 is 1.89 bits per heavy atom. The standard InChI is InChI=1S/C13H18BNO4/c1-12(2)13(3,4)19-14(18-12)9-6-5-7-15-10(9)8-11(16)17/h5-7H,8H2,1-4H3,(H,16,17). The van der Waals surface area contributed by atoms with Crippen LogP contribution < -0.4 is 5.46 Å². The van der Waals surface area contributed by atoms with Crippen LogP contribution in [0.15, 0.2) is 18.3 Å². The van der Waals surface area contributed by atoms with Gasteiger partial charge in [0.25, 0.3) is 0 Å². The van der Waals surface area contributed by atoms with E-state index in [0.717, 1.165) is 0 Å². The van der Waals surface area contributed by atoms with Gasteiger partial charge >= 0.3 is 13.1 Å². The molecule has 1 aliphatic rings. The van der Waals surface area contributed by atoms with E-state index in [9.17, 15) is 4.79 Å². The second-order valence-electron chi connectivity index (χ2n) is 5.70. The lowest BCUT2D eigenvalue weighted by molar-refractivity contribution is -0.136. The Bertz CT molecular complexity index is 485. The zero-order valence-corrected chi connectivity index (χ0v) is 11.6. The van der Waals surface area contributed by atoms with Crippen LogP contribution in [0.25, 0.3) is 0 Å². The molecule has 0 radical (unpaired) electrons. The number of pyridine rings is 1. The van der Waals surface area contributed by atoms with Gasteiger partial charge in [0, 0.05) is 11.7 Å². The van der Waals surface area contributed by atoms with E-state index in [-0.39, 0.29) is 6.42 Å². The van der Waals surface area contributed by atoms with Crippen LogP contribution in [0.2, 0.25) is 0 Å². The molecule has 19 heavy (non-hydrogen) atoms. The smallest absolute Gasteiger partial charge is 0.481 e. The van der Waals surface area contributed by atoms with Gasteiger partial charge in [0.15, 0.2) is 0 Å². The van der Waals surface area contributed by atoms with Crippen LogP contribution in [0.5, 0.6) is 0 Å². The molecule has 6 heteroatoms. The quantitative estimate of drug-likeness (QED) is 0.824. The molecule has 0 aliphatic carbocycles. The lowest BCUT2D eigenvalue weighted by Gasteiger charge is -2.32. The number of carbonyl (C=O) groups is 1. The summed E-state index contributed by atoms with van der Waals surface area (Å²) in [6, 6.07) is 3.55. The highest BCUT2D eigenvalue weighted by atomic mass is 16.7. The summed E-state index contributed by atoms with van der Waals surface area (Å²) in [6.45, 7) is 7.83. The third-order valence-corrected chi connectivity index (χ3v) is 3.75. The minimum atomic E-state index is -0.920. The van der Waals surface area contributed by atoms with Crippen molar-refractivity contribution in [2.24, 2.45) is 0 Å². The number of aliphatic carboxylic acids is 1. The molecule has 0 unspecified atom stereocenters. The number of aromatic nitrogens is 1. The lowest BCUT2D eigenvalue weighted by Crippen LogP contribution is -2.41. The monoisotopic (exact) mass is 263 g/mol. The van der Waals surface area contributed by atoms with Gasteiger partial charge in [-0.2, -0.15) is 0 Å². The summed E-state index contributed by atoms with van der Waals surface area (Å²) in [4.78, 5) is 15.0. The Balaban J connectivity index is 2.32. The van der Waals surface area contributed by atoms with Crippen LogP contribution >= 0.6 is 0 Å². The van der Waals surface area contributed by atoms with E-state index >= 15 is 0 Å². The van der Waals surface area contributed by atoms with Gasteiger partial charge in [-0.3, -0.25) is 9.78 Å². The fourth-order valence-corrected chi connectivity index (χ4v) is 1.93. The molecule has 102 valence electrons. The van der Waals surface area contributed by atoms with Crippen LogP contribution in [0, 0.1) is 0 Å². The van der Waals surface area contributed by atoms with Crippen molar-refractivity contribution in [3.8, 4) is 0 Å². The fraction of sp³-hybridized carbons (Fsp3) is 0.538. The van der Waals surface area contributed by atoms with Gasteiger partial charge in [0.2, 0.25) is 0 Å². The Kier molecular flexibility index (Phi) is 3.41. The summed E-state index contributed by atoms with van der Waals surface area (Å²) >= 11 is 0. The average Bonchev–Trinajstić information content (AvgIpc) is 2.48. The molecule has 1 fully saturated rings. The topological polar surface area (TPSA) is 68.7 Å². The van der Waals surface area contributed by atoms with Gasteiger partial charge in [-0.25, -0.2) is 0 Å². The highest BCUT2D eigenvalue weighted by molar-refractivity contribution is 6.62. The minimum Gasteiger partial charge on any atom is -0.481 e. The van der Waals surface area contributed by atoms with Crippen molar-refractivity contribution in [1.29, 1.82) is 0 Å². The third-order valence-electron chi connectivity index (χ3n) is 3.75. The van der Waals surface area contributed by atoms with Crippen LogP contribution in [0.1, 0.15) is 33.4 Å². The molecule has 2 heterocycles. The van der Waals surface area contributed by atoms with Gasteiger partial charge in [-0.05, 0) is 33.8 Å². The second-order valence-corrected chi connectivity index (χ2v) is 5.70. The Morgan fingerprint density at radius 1 is 1.32 bits per heavy atom. The predicted molar refractivity (Wildman–Crippen MR) is 71.3 cm³/mol. The first-order chi connectivity index (χ1) is 8.73. The number of hydrogen-bond acceptors (Lipinski definition) is 4. The summed E-state index contributed by atoms with van der Waals surface area (Å²) in [6.07, 6.45) is 1.44. The predicted octanol–water partition coefficient (Wildman–Crippen LogP) is 1.01. The van der Waals surface area contributed by atoms with E-state index in [1.165, 1.54) is 0 Å². The summed E-state index contributed by atoms with van der Waals surface area (Å²) in [5, 5.41) is 8.92. The number of hydrogen-bond donors (Lipinski definition) is 1. The van der Waals surface area contributed by atoms with Crippen LogP contribution in [-0.4, -0.2) is 34.4 Å². The van der Waals surface area contributed by atoms with E-state index in [1.54, 1.807) is 18.3 Å². The van der Waals surface area contributed by atoms with E-state index in [4.69, 9.17) is 14.4 Å². The maximum Gasteiger partial charge on any atom is 0.496 e. The largest absolute Gasteiger partial charge is 0.496 e.